The van der Waals surface area contributed by atoms with Gasteiger partial charge in [-0.25, -0.2) is 8.42 Å². The summed E-state index contributed by atoms with van der Waals surface area (Å²) in [4.78, 5) is 11.2. The number of hydrogen-bond acceptors (Lipinski definition) is 5. The Kier molecular flexibility index (Phi) is 7.31. The van der Waals surface area contributed by atoms with E-state index in [2.05, 4.69) is 4.13 Å². The Hall–Kier alpha value is -1.77. The lowest BCUT2D eigenvalue weighted by Gasteiger charge is -2.20. The lowest BCUT2D eigenvalue weighted by molar-refractivity contribution is -0.142. The van der Waals surface area contributed by atoms with Crippen LogP contribution in [0.5, 0.6) is 0 Å². The molecule has 0 N–H and O–H groups in total. The molecule has 1 heterocycles. The van der Waals surface area contributed by atoms with Crippen molar-refractivity contribution in [2.75, 3.05) is 5.75 Å². The van der Waals surface area contributed by atoms with Crippen LogP contribution in [-0.2, 0) is 37.2 Å². The molecule has 142 valence electrons. The molecule has 26 heavy (non-hydrogen) atoms. The van der Waals surface area contributed by atoms with Gasteiger partial charge < -0.3 is 13.3 Å². The zero-order valence-electron chi connectivity index (χ0n) is 15.1. The molecule has 2 rings (SSSR count). The maximum Gasteiger partial charge on any atom is 0.307 e. The first-order chi connectivity index (χ1) is 12.3. The van der Waals surface area contributed by atoms with Crippen molar-refractivity contribution in [3.8, 4) is 0 Å². The van der Waals surface area contributed by atoms with Crippen LogP contribution in [0.2, 0.25) is 0 Å². The first-order valence-corrected chi connectivity index (χ1v) is 11.1. The monoisotopic (exact) mass is 397 g/mol. The summed E-state index contributed by atoms with van der Waals surface area (Å²) >= 11 is -0.979. The SMILES string of the molecule is CCCC[S+]([N-]S(=O)(=O)c1ccc(C)cc1)c1occc1COC(C)=O. The first kappa shape index (κ1) is 20.5. The van der Waals surface area contributed by atoms with Gasteiger partial charge in [0.25, 0.3) is 0 Å². The molecule has 0 radical (unpaired) electrons. The van der Waals surface area contributed by atoms with E-state index in [4.69, 9.17) is 9.15 Å². The van der Waals surface area contributed by atoms with Gasteiger partial charge in [0.2, 0.25) is 0 Å². The molecule has 1 unspecified atom stereocenters. The van der Waals surface area contributed by atoms with E-state index >= 15 is 0 Å². The molecule has 8 heteroatoms. The van der Waals surface area contributed by atoms with Gasteiger partial charge >= 0.3 is 11.1 Å². The highest BCUT2D eigenvalue weighted by Crippen LogP contribution is 2.31. The molecule has 0 aliphatic rings. The number of esters is 1. The summed E-state index contributed by atoms with van der Waals surface area (Å²) in [6, 6.07) is 8.27. The second kappa shape index (κ2) is 9.25. The van der Waals surface area contributed by atoms with Gasteiger partial charge in [-0.05, 0) is 42.6 Å². The van der Waals surface area contributed by atoms with E-state index < -0.39 is 27.1 Å². The van der Waals surface area contributed by atoms with Crippen molar-refractivity contribution in [2.24, 2.45) is 0 Å². The molecule has 0 spiro atoms. The van der Waals surface area contributed by atoms with Crippen LogP contribution in [-0.4, -0.2) is 20.1 Å². The van der Waals surface area contributed by atoms with E-state index in [1.165, 1.54) is 13.2 Å². The van der Waals surface area contributed by atoms with Gasteiger partial charge in [0, 0.05) is 6.92 Å². The molecule has 0 amide bonds. The molecule has 1 aromatic heterocycles. The van der Waals surface area contributed by atoms with Crippen LogP contribution < -0.4 is 0 Å². The number of nitrogens with zero attached hydrogens (tertiary/aromatic N) is 1. The third kappa shape index (κ3) is 5.62. The predicted molar refractivity (Wildman–Crippen MR) is 101 cm³/mol. The summed E-state index contributed by atoms with van der Waals surface area (Å²) in [5.74, 6) is 0.150. The summed E-state index contributed by atoms with van der Waals surface area (Å²) in [5.41, 5.74) is 1.62. The Morgan fingerprint density at radius 1 is 1.23 bits per heavy atom. The van der Waals surface area contributed by atoms with Crippen molar-refractivity contribution < 1.29 is 22.4 Å². The molecular weight excluding hydrogens is 374 g/mol. The normalized spacial score (nSPS) is 12.7. The number of sulfonamides is 1. The second-order valence-corrected chi connectivity index (χ2v) is 9.32. The summed E-state index contributed by atoms with van der Waals surface area (Å²) in [5, 5.41) is 0.454. The molecule has 0 fully saturated rings. The van der Waals surface area contributed by atoms with Crippen LogP contribution >= 0.6 is 0 Å². The van der Waals surface area contributed by atoms with Gasteiger partial charge in [-0.3, -0.25) is 4.79 Å². The Morgan fingerprint density at radius 2 is 1.92 bits per heavy atom. The Labute approximate surface area is 157 Å². The summed E-state index contributed by atoms with van der Waals surface area (Å²) in [7, 11) is -3.81. The Balaban J connectivity index is 2.26. The van der Waals surface area contributed by atoms with Crippen LogP contribution in [0, 0.1) is 6.92 Å². The van der Waals surface area contributed by atoms with Crippen LogP contribution in [0.1, 0.15) is 37.8 Å². The molecule has 1 aromatic carbocycles. The quantitative estimate of drug-likeness (QED) is 0.469. The zero-order valence-corrected chi connectivity index (χ0v) is 16.7. The fourth-order valence-corrected chi connectivity index (χ4v) is 5.82. The molecule has 0 saturated heterocycles. The minimum atomic E-state index is -3.81. The van der Waals surface area contributed by atoms with Crippen molar-refractivity contribution in [1.29, 1.82) is 0 Å². The van der Waals surface area contributed by atoms with Gasteiger partial charge in [-0.15, -0.1) is 0 Å². The molecular formula is C18H23NO5S2. The highest BCUT2D eigenvalue weighted by atomic mass is 32.3. The molecule has 1 atom stereocenters. The van der Waals surface area contributed by atoms with Crippen molar-refractivity contribution in [2.45, 2.75) is 50.2 Å². The summed E-state index contributed by atoms with van der Waals surface area (Å²) in [6.07, 6.45) is 3.18. The summed E-state index contributed by atoms with van der Waals surface area (Å²) < 4.78 is 40.1. The fraction of sp³-hybridized carbons (Fsp3) is 0.389. The number of carbonyl (C=O) groups excluding carboxylic acids is 1. The Bertz CT molecular complexity index is 828. The number of hydrogen-bond donors (Lipinski definition) is 0. The van der Waals surface area contributed by atoms with Crippen LogP contribution in [0.4, 0.5) is 0 Å². The number of carbonyl (C=O) groups is 1. The number of rotatable bonds is 9. The molecule has 0 bridgehead atoms. The van der Waals surface area contributed by atoms with Crippen LogP contribution in [0.25, 0.3) is 4.13 Å². The van der Waals surface area contributed by atoms with Crippen molar-refractivity contribution >= 4 is 27.1 Å². The van der Waals surface area contributed by atoms with Gasteiger partial charge in [0.15, 0.2) is 0 Å². The third-order valence-electron chi connectivity index (χ3n) is 3.55. The second-order valence-electron chi connectivity index (χ2n) is 5.80. The van der Waals surface area contributed by atoms with Gasteiger partial charge in [0.05, 0.1) is 16.7 Å². The largest absolute Gasteiger partial charge is 0.461 e. The van der Waals surface area contributed by atoms with Gasteiger partial charge in [0.1, 0.15) is 22.4 Å². The molecule has 0 aliphatic carbocycles. The highest BCUT2D eigenvalue weighted by molar-refractivity contribution is 8.14. The molecule has 2 aromatic rings. The number of aryl methyl sites for hydroxylation is 1. The number of furan rings is 1. The predicted octanol–water partition coefficient (Wildman–Crippen LogP) is 4.11. The maximum atomic E-state index is 12.7. The average Bonchev–Trinajstić information content (AvgIpc) is 3.05. The van der Waals surface area contributed by atoms with E-state index in [0.717, 1.165) is 18.4 Å². The Morgan fingerprint density at radius 3 is 2.54 bits per heavy atom. The molecule has 0 saturated carbocycles. The van der Waals surface area contributed by atoms with Crippen LogP contribution in [0.3, 0.4) is 0 Å². The first-order valence-electron chi connectivity index (χ1n) is 8.29. The van der Waals surface area contributed by atoms with E-state index in [0.29, 0.717) is 16.4 Å². The minimum Gasteiger partial charge on any atom is -0.461 e. The van der Waals surface area contributed by atoms with E-state index in [9.17, 15) is 13.2 Å². The highest BCUT2D eigenvalue weighted by Gasteiger charge is 2.26. The summed E-state index contributed by atoms with van der Waals surface area (Å²) in [6.45, 7) is 5.28. The van der Waals surface area contributed by atoms with E-state index in [1.807, 2.05) is 13.8 Å². The lowest BCUT2D eigenvalue weighted by atomic mass is 10.2. The standard InChI is InChI=1S/C18H23NO5S2/c1-4-5-12-25(18-16(10-11-23-18)13-24-15(3)20)19-26(21,22)17-8-6-14(2)7-9-17/h6-11H,4-5,12-13H2,1-3H3. The topological polar surface area (TPSA) is 87.7 Å². The number of benzene rings is 1. The lowest BCUT2D eigenvalue weighted by Crippen LogP contribution is -2.14. The van der Waals surface area contributed by atoms with Crippen molar-refractivity contribution in [3.63, 3.8) is 0 Å². The molecule has 0 aliphatic heterocycles. The van der Waals surface area contributed by atoms with Gasteiger partial charge in [-0.2, -0.15) is 0 Å². The zero-order chi connectivity index (χ0) is 19.2. The maximum absolute atomic E-state index is 12.7. The molecule has 6 nitrogen and oxygen atoms in total. The van der Waals surface area contributed by atoms with Gasteiger partial charge in [-0.1, -0.05) is 31.0 Å². The van der Waals surface area contributed by atoms with Crippen LogP contribution in [0.15, 0.2) is 51.0 Å². The number of ether oxygens (including phenoxy) is 1. The number of unbranched alkanes of at least 4 members (excludes halogenated alkanes) is 1. The average molecular weight is 398 g/mol. The fourth-order valence-electron chi connectivity index (χ4n) is 2.13. The van der Waals surface area contributed by atoms with E-state index in [-0.39, 0.29) is 11.5 Å². The smallest absolute Gasteiger partial charge is 0.307 e. The van der Waals surface area contributed by atoms with E-state index in [1.54, 1.807) is 30.3 Å². The van der Waals surface area contributed by atoms with Crippen molar-refractivity contribution in [3.05, 3.63) is 51.8 Å². The third-order valence-corrected chi connectivity index (χ3v) is 7.38. The minimum absolute atomic E-state index is 0.0386. The van der Waals surface area contributed by atoms with Crippen molar-refractivity contribution in [1.82, 2.24) is 0 Å².